The summed E-state index contributed by atoms with van der Waals surface area (Å²) in [6, 6.07) is 18.4. The molecule has 0 spiro atoms. The number of amides is 1. The Morgan fingerprint density at radius 3 is 2.81 bits per heavy atom. The minimum atomic E-state index is -0.285. The van der Waals surface area contributed by atoms with Crippen LogP contribution in [0.1, 0.15) is 36.9 Å². The Kier molecular flexibility index (Phi) is 5.42. The molecule has 2 atom stereocenters. The molecule has 156 valence electrons. The van der Waals surface area contributed by atoms with Gasteiger partial charge in [-0.1, -0.05) is 54.2 Å². The zero-order valence-electron chi connectivity index (χ0n) is 17.2. The fourth-order valence-electron chi connectivity index (χ4n) is 4.09. The molecule has 1 aliphatic rings. The number of rotatable bonds is 5. The van der Waals surface area contributed by atoms with Crippen LogP contribution in [0.4, 0.5) is 0 Å². The maximum absolute atomic E-state index is 13.0. The first-order chi connectivity index (χ1) is 15.2. The predicted octanol–water partition coefficient (Wildman–Crippen LogP) is 4.49. The van der Waals surface area contributed by atoms with E-state index in [2.05, 4.69) is 38.6 Å². The quantitative estimate of drug-likeness (QED) is 0.374. The summed E-state index contributed by atoms with van der Waals surface area (Å²) >= 11 is 1.44. The molecule has 2 aromatic heterocycles. The Balaban J connectivity index is 1.34. The van der Waals surface area contributed by atoms with Crippen LogP contribution in [0.2, 0.25) is 0 Å². The Hall–Kier alpha value is -3.19. The molecule has 0 aliphatic heterocycles. The number of nitrogens with zero attached hydrogens (tertiary/aromatic N) is 4. The van der Waals surface area contributed by atoms with Crippen molar-refractivity contribution < 1.29 is 4.79 Å². The van der Waals surface area contributed by atoms with E-state index in [1.807, 2.05) is 43.3 Å². The molecule has 0 radical (unpaired) electrons. The second kappa shape index (κ2) is 8.51. The van der Waals surface area contributed by atoms with Crippen LogP contribution in [0.5, 0.6) is 0 Å². The molecule has 1 amide bonds. The van der Waals surface area contributed by atoms with Crippen LogP contribution >= 0.6 is 11.8 Å². The number of aromatic nitrogens is 4. The van der Waals surface area contributed by atoms with Gasteiger partial charge in [-0.3, -0.25) is 4.79 Å². The Bertz CT molecular complexity index is 1220. The van der Waals surface area contributed by atoms with E-state index in [1.54, 1.807) is 10.9 Å². The van der Waals surface area contributed by atoms with Crippen LogP contribution in [0.25, 0.3) is 16.7 Å². The molecule has 1 N–H and O–H groups in total. The maximum atomic E-state index is 13.0. The lowest BCUT2D eigenvalue weighted by molar-refractivity contribution is -0.121. The first kappa shape index (κ1) is 19.8. The molecule has 0 bridgehead atoms. The molecule has 0 saturated carbocycles. The zero-order valence-corrected chi connectivity index (χ0v) is 18.0. The van der Waals surface area contributed by atoms with Crippen molar-refractivity contribution in [3.63, 3.8) is 0 Å². The highest BCUT2D eigenvalue weighted by atomic mass is 32.2. The smallest absolute Gasteiger partial charge is 0.233 e. The molecule has 0 saturated heterocycles. The molecule has 5 rings (SSSR count). The minimum absolute atomic E-state index is 0.0221. The summed E-state index contributed by atoms with van der Waals surface area (Å²) in [7, 11) is 0. The number of aryl methyl sites for hydroxylation is 1. The van der Waals surface area contributed by atoms with E-state index in [9.17, 15) is 4.79 Å². The van der Waals surface area contributed by atoms with Crippen LogP contribution < -0.4 is 5.32 Å². The van der Waals surface area contributed by atoms with Crippen LogP contribution in [0, 0.1) is 0 Å². The van der Waals surface area contributed by atoms with Gasteiger partial charge in [0.05, 0.1) is 28.6 Å². The van der Waals surface area contributed by atoms with Gasteiger partial charge in [0.2, 0.25) is 5.91 Å². The van der Waals surface area contributed by atoms with Crippen LogP contribution in [-0.2, 0) is 11.2 Å². The van der Waals surface area contributed by atoms with Crippen molar-refractivity contribution in [3.8, 4) is 5.69 Å². The first-order valence-corrected chi connectivity index (χ1v) is 11.4. The van der Waals surface area contributed by atoms with Gasteiger partial charge >= 0.3 is 0 Å². The lowest BCUT2D eigenvalue weighted by atomic mass is 9.88. The van der Waals surface area contributed by atoms with Gasteiger partial charge in [0, 0.05) is 0 Å². The SMILES string of the molecule is CC(Sc1ncnc2c1cnn2-c1ccccc1)C(=O)NC1CCCc2ccccc21. The molecule has 4 aromatic rings. The second-order valence-corrected chi connectivity index (χ2v) is 9.05. The maximum Gasteiger partial charge on any atom is 0.233 e. The van der Waals surface area contributed by atoms with Gasteiger partial charge in [0.1, 0.15) is 11.4 Å². The standard InChI is InChI=1S/C24H23N5OS/c1-16(23(30)28-21-13-7-9-17-8-5-6-12-19(17)21)31-24-20-14-27-29(22(20)25-15-26-24)18-10-3-2-4-11-18/h2-6,8,10-12,14-16,21H,7,9,13H2,1H3,(H,28,30). The highest BCUT2D eigenvalue weighted by molar-refractivity contribution is 8.00. The summed E-state index contributed by atoms with van der Waals surface area (Å²) in [6.07, 6.45) is 6.45. The molecular formula is C24H23N5OS. The van der Waals surface area contributed by atoms with Gasteiger partial charge < -0.3 is 5.32 Å². The van der Waals surface area contributed by atoms with Crippen molar-refractivity contribution in [2.75, 3.05) is 0 Å². The number of carbonyl (C=O) groups excluding carboxylic acids is 1. The van der Waals surface area contributed by atoms with E-state index in [1.165, 1.54) is 29.2 Å². The summed E-state index contributed by atoms with van der Waals surface area (Å²) < 4.78 is 1.80. The highest BCUT2D eigenvalue weighted by Gasteiger charge is 2.25. The molecule has 2 heterocycles. The van der Waals surface area contributed by atoms with Gasteiger partial charge in [-0.25, -0.2) is 14.6 Å². The van der Waals surface area contributed by atoms with Gasteiger partial charge in [0.15, 0.2) is 5.65 Å². The molecule has 7 heteroatoms. The van der Waals surface area contributed by atoms with E-state index >= 15 is 0 Å². The molecule has 1 aliphatic carbocycles. The monoisotopic (exact) mass is 429 g/mol. The first-order valence-electron chi connectivity index (χ1n) is 10.5. The third-order valence-corrected chi connectivity index (χ3v) is 6.79. The molecule has 6 nitrogen and oxygen atoms in total. The number of thioether (sulfide) groups is 1. The van der Waals surface area contributed by atoms with E-state index in [0.717, 1.165) is 41.0 Å². The number of nitrogens with one attached hydrogen (secondary N) is 1. The molecule has 31 heavy (non-hydrogen) atoms. The molecule has 0 fully saturated rings. The third-order valence-electron chi connectivity index (χ3n) is 5.67. The number of carbonyl (C=O) groups is 1. The molecule has 2 unspecified atom stereocenters. The average molecular weight is 430 g/mol. The van der Waals surface area contributed by atoms with Crippen molar-refractivity contribution in [2.24, 2.45) is 0 Å². The van der Waals surface area contributed by atoms with Gasteiger partial charge in [-0.15, -0.1) is 0 Å². The van der Waals surface area contributed by atoms with Gasteiger partial charge in [0.25, 0.3) is 0 Å². The Labute approximate surface area is 185 Å². The lowest BCUT2D eigenvalue weighted by Crippen LogP contribution is -2.35. The van der Waals surface area contributed by atoms with E-state index < -0.39 is 0 Å². The van der Waals surface area contributed by atoms with Crippen molar-refractivity contribution in [3.05, 3.63) is 78.2 Å². The van der Waals surface area contributed by atoms with Crippen molar-refractivity contribution in [1.29, 1.82) is 0 Å². The topological polar surface area (TPSA) is 72.7 Å². The van der Waals surface area contributed by atoms with Gasteiger partial charge in [-0.05, 0) is 49.4 Å². The number of hydrogen-bond acceptors (Lipinski definition) is 5. The largest absolute Gasteiger partial charge is 0.348 e. The minimum Gasteiger partial charge on any atom is -0.348 e. The predicted molar refractivity (Wildman–Crippen MR) is 122 cm³/mol. The fourth-order valence-corrected chi connectivity index (χ4v) is 4.98. The third kappa shape index (κ3) is 3.93. The summed E-state index contributed by atoms with van der Waals surface area (Å²) in [4.78, 5) is 21.9. The number of para-hydroxylation sites is 1. The summed E-state index contributed by atoms with van der Waals surface area (Å²) in [5.74, 6) is 0.0221. The van der Waals surface area contributed by atoms with Crippen LogP contribution in [0.15, 0.2) is 72.1 Å². The lowest BCUT2D eigenvalue weighted by Gasteiger charge is -2.27. The summed E-state index contributed by atoms with van der Waals surface area (Å²) in [5, 5.41) is 9.07. The highest BCUT2D eigenvalue weighted by Crippen LogP contribution is 2.32. The Morgan fingerprint density at radius 1 is 1.13 bits per heavy atom. The normalized spacial score (nSPS) is 16.6. The van der Waals surface area contributed by atoms with Crippen molar-refractivity contribution in [1.82, 2.24) is 25.1 Å². The van der Waals surface area contributed by atoms with Crippen molar-refractivity contribution in [2.45, 2.75) is 42.5 Å². The zero-order chi connectivity index (χ0) is 21.2. The molecular weight excluding hydrogens is 406 g/mol. The van der Waals surface area contributed by atoms with Gasteiger partial charge in [-0.2, -0.15) is 5.10 Å². The van der Waals surface area contributed by atoms with Crippen LogP contribution in [-0.4, -0.2) is 30.9 Å². The van der Waals surface area contributed by atoms with E-state index in [0.29, 0.717) is 0 Å². The average Bonchev–Trinajstić information content (AvgIpc) is 3.25. The summed E-state index contributed by atoms with van der Waals surface area (Å²) in [5.41, 5.74) is 4.25. The second-order valence-electron chi connectivity index (χ2n) is 7.72. The number of fused-ring (bicyclic) bond motifs is 2. The van der Waals surface area contributed by atoms with Crippen molar-refractivity contribution >= 4 is 28.7 Å². The fraction of sp³-hybridized carbons (Fsp3) is 0.250. The molecule has 2 aromatic carbocycles. The number of hydrogen-bond donors (Lipinski definition) is 1. The summed E-state index contributed by atoms with van der Waals surface area (Å²) in [6.45, 7) is 1.92. The van der Waals surface area contributed by atoms with E-state index in [4.69, 9.17) is 0 Å². The van der Waals surface area contributed by atoms with Crippen LogP contribution in [0.3, 0.4) is 0 Å². The van der Waals surface area contributed by atoms with E-state index in [-0.39, 0.29) is 17.2 Å². The number of benzene rings is 2. The Morgan fingerprint density at radius 2 is 1.94 bits per heavy atom.